The molecule has 1 heterocycles. The summed E-state index contributed by atoms with van der Waals surface area (Å²) in [6, 6.07) is 12.8. The van der Waals surface area contributed by atoms with Gasteiger partial charge in [0.2, 0.25) is 0 Å². The lowest BCUT2D eigenvalue weighted by molar-refractivity contribution is 0.282. The maximum absolute atomic E-state index is 9.51. The van der Waals surface area contributed by atoms with Crippen molar-refractivity contribution in [3.05, 3.63) is 58.6 Å². The van der Waals surface area contributed by atoms with Crippen molar-refractivity contribution in [2.75, 3.05) is 0 Å². The predicted octanol–water partition coefficient (Wildman–Crippen LogP) is 4.06. The molecule has 3 rings (SSSR count). The highest BCUT2D eigenvalue weighted by Crippen LogP contribution is 2.30. The molecule has 1 aromatic heterocycles. The van der Waals surface area contributed by atoms with Crippen molar-refractivity contribution in [1.29, 1.82) is 0 Å². The van der Waals surface area contributed by atoms with Crippen LogP contribution >= 0.6 is 11.6 Å². The number of aromatic nitrogens is 1. The topological polar surface area (TPSA) is 53.4 Å². The number of halogens is 1. The van der Waals surface area contributed by atoms with Crippen LogP contribution in [-0.4, -0.2) is 15.2 Å². The van der Waals surface area contributed by atoms with Crippen LogP contribution in [0.2, 0.25) is 5.02 Å². The number of fused-ring (bicyclic) bond motifs is 1. The Hall–Kier alpha value is -2.10. The van der Waals surface area contributed by atoms with E-state index in [2.05, 4.69) is 4.98 Å². The van der Waals surface area contributed by atoms with Crippen molar-refractivity contribution < 1.29 is 10.2 Å². The first-order chi connectivity index (χ1) is 10.1. The van der Waals surface area contributed by atoms with Gasteiger partial charge in [0.05, 0.1) is 22.8 Å². The first kappa shape index (κ1) is 13.9. The van der Waals surface area contributed by atoms with Gasteiger partial charge < -0.3 is 10.2 Å². The molecule has 0 atom stereocenters. The van der Waals surface area contributed by atoms with E-state index in [0.717, 1.165) is 33.3 Å². The first-order valence-electron chi connectivity index (χ1n) is 6.58. The Balaban J connectivity index is 2.20. The van der Waals surface area contributed by atoms with E-state index in [1.807, 2.05) is 31.2 Å². The zero-order chi connectivity index (χ0) is 15.0. The lowest BCUT2D eigenvalue weighted by atomic mass is 10.0. The number of aryl methyl sites for hydroxylation is 1. The smallest absolute Gasteiger partial charge is 0.134 e. The van der Waals surface area contributed by atoms with Crippen LogP contribution in [0.5, 0.6) is 5.75 Å². The molecule has 0 spiro atoms. The molecule has 0 unspecified atom stereocenters. The number of benzene rings is 2. The van der Waals surface area contributed by atoms with E-state index in [4.69, 9.17) is 11.6 Å². The highest BCUT2D eigenvalue weighted by atomic mass is 35.5. The second-order valence-corrected chi connectivity index (χ2v) is 5.41. The fraction of sp³-hybridized carbons (Fsp3) is 0.118. The number of hydrogen-bond acceptors (Lipinski definition) is 3. The normalized spacial score (nSPS) is 11.0. The third-order valence-corrected chi connectivity index (χ3v) is 3.81. The van der Waals surface area contributed by atoms with Gasteiger partial charge in [0.1, 0.15) is 5.75 Å². The third kappa shape index (κ3) is 2.58. The van der Waals surface area contributed by atoms with Gasteiger partial charge in [-0.05, 0) is 48.4 Å². The van der Waals surface area contributed by atoms with E-state index in [9.17, 15) is 10.2 Å². The Labute approximate surface area is 127 Å². The molecular formula is C17H14ClNO2. The lowest BCUT2D eigenvalue weighted by Crippen LogP contribution is -1.91. The van der Waals surface area contributed by atoms with Gasteiger partial charge in [0, 0.05) is 10.9 Å². The molecule has 0 radical (unpaired) electrons. The van der Waals surface area contributed by atoms with Crippen LogP contribution < -0.4 is 0 Å². The number of pyridine rings is 1. The van der Waals surface area contributed by atoms with Crippen LogP contribution in [0.25, 0.3) is 22.2 Å². The monoisotopic (exact) mass is 299 g/mol. The van der Waals surface area contributed by atoms with E-state index >= 15 is 0 Å². The summed E-state index contributed by atoms with van der Waals surface area (Å²) in [5.74, 6) is 0.0560. The second kappa shape index (κ2) is 5.35. The van der Waals surface area contributed by atoms with Crippen LogP contribution in [0, 0.1) is 6.92 Å². The summed E-state index contributed by atoms with van der Waals surface area (Å²) in [6.45, 7) is 2.01. The molecule has 21 heavy (non-hydrogen) atoms. The zero-order valence-electron chi connectivity index (χ0n) is 11.5. The Morgan fingerprint density at radius 2 is 1.90 bits per heavy atom. The second-order valence-electron chi connectivity index (χ2n) is 5.00. The standard InChI is InChI=1S/C17H14ClNO2/c1-10-6-15(12-3-5-17(21)14(18)8-12)19-16-7-11(9-20)2-4-13(10)16/h2-8,20-21H,9H2,1H3. The largest absolute Gasteiger partial charge is 0.506 e. The minimum atomic E-state index is -0.00800. The molecule has 0 saturated carbocycles. The average Bonchev–Trinajstić information content (AvgIpc) is 2.49. The van der Waals surface area contributed by atoms with E-state index < -0.39 is 0 Å². The summed E-state index contributed by atoms with van der Waals surface area (Å²) >= 11 is 5.96. The Bertz CT molecular complexity index is 830. The summed E-state index contributed by atoms with van der Waals surface area (Å²) < 4.78 is 0. The van der Waals surface area contributed by atoms with Crippen molar-refractivity contribution in [2.45, 2.75) is 13.5 Å². The number of nitrogens with zero attached hydrogens (tertiary/aromatic N) is 1. The van der Waals surface area contributed by atoms with Gasteiger partial charge in [-0.2, -0.15) is 0 Å². The van der Waals surface area contributed by atoms with Crippen LogP contribution in [-0.2, 0) is 6.61 Å². The van der Waals surface area contributed by atoms with Crippen LogP contribution in [0.3, 0.4) is 0 Å². The number of aliphatic hydroxyl groups is 1. The van der Waals surface area contributed by atoms with Gasteiger partial charge >= 0.3 is 0 Å². The number of hydrogen-bond donors (Lipinski definition) is 2. The molecule has 0 amide bonds. The molecule has 106 valence electrons. The van der Waals surface area contributed by atoms with Gasteiger partial charge in [0.25, 0.3) is 0 Å². The van der Waals surface area contributed by atoms with Crippen LogP contribution in [0.1, 0.15) is 11.1 Å². The number of aliphatic hydroxyl groups excluding tert-OH is 1. The fourth-order valence-corrected chi connectivity index (χ4v) is 2.54. The fourth-order valence-electron chi connectivity index (χ4n) is 2.36. The SMILES string of the molecule is Cc1cc(-c2ccc(O)c(Cl)c2)nc2cc(CO)ccc12. The summed E-state index contributed by atoms with van der Waals surface area (Å²) in [7, 11) is 0. The minimum Gasteiger partial charge on any atom is -0.506 e. The molecule has 3 aromatic rings. The number of phenolic OH excluding ortho intramolecular Hbond substituents is 1. The summed E-state index contributed by atoms with van der Waals surface area (Å²) in [5, 5.41) is 20.1. The predicted molar refractivity (Wildman–Crippen MR) is 84.5 cm³/mol. The highest BCUT2D eigenvalue weighted by Gasteiger charge is 2.08. The van der Waals surface area contributed by atoms with Gasteiger partial charge in [-0.1, -0.05) is 23.7 Å². The van der Waals surface area contributed by atoms with Crippen molar-refractivity contribution in [3.8, 4) is 17.0 Å². The molecule has 0 aliphatic carbocycles. The Morgan fingerprint density at radius 1 is 1.10 bits per heavy atom. The van der Waals surface area contributed by atoms with Gasteiger partial charge in [0.15, 0.2) is 0 Å². The van der Waals surface area contributed by atoms with E-state index in [-0.39, 0.29) is 12.4 Å². The van der Waals surface area contributed by atoms with Crippen LogP contribution in [0.15, 0.2) is 42.5 Å². The van der Waals surface area contributed by atoms with Crippen molar-refractivity contribution >= 4 is 22.5 Å². The van der Waals surface area contributed by atoms with Gasteiger partial charge in [-0.25, -0.2) is 4.98 Å². The zero-order valence-corrected chi connectivity index (χ0v) is 12.2. The summed E-state index contributed by atoms with van der Waals surface area (Å²) in [5.41, 5.74) is 4.40. The molecule has 0 aliphatic heterocycles. The van der Waals surface area contributed by atoms with Crippen molar-refractivity contribution in [3.63, 3.8) is 0 Å². The molecule has 4 heteroatoms. The first-order valence-corrected chi connectivity index (χ1v) is 6.96. The molecule has 0 aliphatic rings. The average molecular weight is 300 g/mol. The Morgan fingerprint density at radius 3 is 2.62 bits per heavy atom. The molecular weight excluding hydrogens is 286 g/mol. The Kier molecular flexibility index (Phi) is 3.53. The summed E-state index contributed by atoms with van der Waals surface area (Å²) in [6.07, 6.45) is 0. The quantitative estimate of drug-likeness (QED) is 0.750. The lowest BCUT2D eigenvalue weighted by Gasteiger charge is -2.09. The van der Waals surface area contributed by atoms with Crippen molar-refractivity contribution in [2.24, 2.45) is 0 Å². The number of rotatable bonds is 2. The molecule has 3 nitrogen and oxygen atoms in total. The maximum Gasteiger partial charge on any atom is 0.134 e. The molecule has 0 fully saturated rings. The van der Waals surface area contributed by atoms with E-state index in [0.29, 0.717) is 5.02 Å². The van der Waals surface area contributed by atoms with E-state index in [1.54, 1.807) is 18.2 Å². The van der Waals surface area contributed by atoms with E-state index in [1.165, 1.54) is 0 Å². The minimum absolute atomic E-state index is 0.00800. The van der Waals surface area contributed by atoms with Gasteiger partial charge in [-0.3, -0.25) is 0 Å². The highest BCUT2D eigenvalue weighted by molar-refractivity contribution is 6.32. The molecule has 2 aromatic carbocycles. The maximum atomic E-state index is 9.51. The molecule has 0 bridgehead atoms. The van der Waals surface area contributed by atoms with Crippen molar-refractivity contribution in [1.82, 2.24) is 4.98 Å². The number of phenols is 1. The van der Waals surface area contributed by atoms with Crippen LogP contribution in [0.4, 0.5) is 0 Å². The molecule has 2 N–H and O–H groups in total. The third-order valence-electron chi connectivity index (χ3n) is 3.51. The van der Waals surface area contributed by atoms with Gasteiger partial charge in [-0.15, -0.1) is 0 Å². The summed E-state index contributed by atoms with van der Waals surface area (Å²) in [4.78, 5) is 4.63. The molecule has 0 saturated heterocycles. The number of aromatic hydroxyl groups is 1.